The third kappa shape index (κ3) is 6.84. The predicted octanol–water partition coefficient (Wildman–Crippen LogP) is 3.72. The Kier molecular flexibility index (Phi) is 7.28. The number of carbonyl (C=O) groups excluding carboxylic acids is 1. The number of hydrogen-bond donors (Lipinski definition) is 2. The zero-order valence-electron chi connectivity index (χ0n) is 15.1. The van der Waals surface area contributed by atoms with Gasteiger partial charge in [-0.2, -0.15) is 13.2 Å². The second-order valence-electron chi connectivity index (χ2n) is 6.68. The molecule has 146 valence electrons. The van der Waals surface area contributed by atoms with Crippen LogP contribution in [0.1, 0.15) is 32.3 Å². The summed E-state index contributed by atoms with van der Waals surface area (Å²) in [4.78, 5) is 14.1. The number of amides is 2. The van der Waals surface area contributed by atoms with E-state index in [2.05, 4.69) is 29.4 Å². The third-order valence-corrected chi connectivity index (χ3v) is 4.15. The van der Waals surface area contributed by atoms with Crippen molar-refractivity contribution >= 4 is 11.7 Å². The molecule has 1 saturated heterocycles. The molecule has 0 saturated carbocycles. The zero-order chi connectivity index (χ0) is 19.2. The van der Waals surface area contributed by atoms with E-state index in [1.807, 2.05) is 0 Å². The standard InChI is InChI=1S/C18H26F3N3O2/c1-13-11-24(12-14(2)26-13)10-4-3-9-22-17(25)23-16-7-5-15(6-8-16)18(19,20)21/h5-8,13-14H,3-4,9-12H2,1-2H3,(H2,22,23,25). The van der Waals surface area contributed by atoms with E-state index in [-0.39, 0.29) is 12.2 Å². The Morgan fingerprint density at radius 3 is 2.35 bits per heavy atom. The molecule has 1 heterocycles. The number of urea groups is 1. The van der Waals surface area contributed by atoms with Crippen molar-refractivity contribution in [2.24, 2.45) is 0 Å². The van der Waals surface area contributed by atoms with E-state index >= 15 is 0 Å². The molecule has 1 aromatic rings. The Hall–Kier alpha value is -1.80. The van der Waals surface area contributed by atoms with Crippen LogP contribution in [0.4, 0.5) is 23.7 Å². The van der Waals surface area contributed by atoms with Gasteiger partial charge in [0.1, 0.15) is 0 Å². The lowest BCUT2D eigenvalue weighted by Crippen LogP contribution is -2.45. The summed E-state index contributed by atoms with van der Waals surface area (Å²) in [5.74, 6) is 0. The van der Waals surface area contributed by atoms with Crippen LogP contribution in [0.3, 0.4) is 0 Å². The monoisotopic (exact) mass is 373 g/mol. The number of halogens is 3. The Morgan fingerprint density at radius 2 is 1.77 bits per heavy atom. The van der Waals surface area contributed by atoms with Gasteiger partial charge in [0, 0.05) is 25.3 Å². The summed E-state index contributed by atoms with van der Waals surface area (Å²) in [6, 6.07) is 3.95. The smallest absolute Gasteiger partial charge is 0.373 e. The van der Waals surface area contributed by atoms with Gasteiger partial charge in [-0.15, -0.1) is 0 Å². The summed E-state index contributed by atoms with van der Waals surface area (Å²) >= 11 is 0. The Bertz CT molecular complexity index is 568. The van der Waals surface area contributed by atoms with Crippen molar-refractivity contribution in [3.63, 3.8) is 0 Å². The molecule has 5 nitrogen and oxygen atoms in total. The van der Waals surface area contributed by atoms with Crippen molar-refractivity contribution < 1.29 is 22.7 Å². The molecule has 2 atom stereocenters. The maximum Gasteiger partial charge on any atom is 0.416 e. The van der Waals surface area contributed by atoms with E-state index < -0.39 is 17.8 Å². The average molecular weight is 373 g/mol. The first-order chi connectivity index (χ1) is 12.2. The molecule has 26 heavy (non-hydrogen) atoms. The average Bonchev–Trinajstić information content (AvgIpc) is 2.53. The number of nitrogens with zero attached hydrogens (tertiary/aromatic N) is 1. The molecule has 0 spiro atoms. The molecule has 1 aromatic carbocycles. The van der Waals surface area contributed by atoms with Crippen LogP contribution in [0.2, 0.25) is 0 Å². The first-order valence-electron chi connectivity index (χ1n) is 8.84. The number of rotatable bonds is 6. The fourth-order valence-electron chi connectivity index (χ4n) is 3.05. The molecule has 0 aliphatic carbocycles. The lowest BCUT2D eigenvalue weighted by Gasteiger charge is -2.35. The number of hydrogen-bond acceptors (Lipinski definition) is 3. The normalized spacial score (nSPS) is 21.4. The van der Waals surface area contributed by atoms with Crippen molar-refractivity contribution in [1.82, 2.24) is 10.2 Å². The fraction of sp³-hybridized carbons (Fsp3) is 0.611. The van der Waals surface area contributed by atoms with E-state index in [4.69, 9.17) is 4.74 Å². The SMILES string of the molecule is CC1CN(CCCCNC(=O)Nc2ccc(C(F)(F)F)cc2)CC(C)O1. The van der Waals surface area contributed by atoms with Gasteiger partial charge in [-0.3, -0.25) is 4.90 Å². The number of alkyl halides is 3. The van der Waals surface area contributed by atoms with Crippen LogP contribution in [-0.4, -0.2) is 49.3 Å². The molecule has 2 rings (SSSR count). The van der Waals surface area contributed by atoms with Gasteiger partial charge < -0.3 is 15.4 Å². The van der Waals surface area contributed by atoms with Gasteiger partial charge in [0.2, 0.25) is 0 Å². The summed E-state index contributed by atoms with van der Waals surface area (Å²) in [5, 5.41) is 5.24. The van der Waals surface area contributed by atoms with Crippen LogP contribution in [0, 0.1) is 0 Å². The minimum absolute atomic E-state index is 0.242. The first kappa shape index (κ1) is 20.5. The quantitative estimate of drug-likeness (QED) is 0.748. The second-order valence-corrected chi connectivity index (χ2v) is 6.68. The van der Waals surface area contributed by atoms with E-state index in [9.17, 15) is 18.0 Å². The van der Waals surface area contributed by atoms with Crippen LogP contribution >= 0.6 is 0 Å². The lowest BCUT2D eigenvalue weighted by atomic mass is 10.2. The Balaban J connectivity index is 1.62. The van der Waals surface area contributed by atoms with Gasteiger partial charge >= 0.3 is 12.2 Å². The van der Waals surface area contributed by atoms with E-state index in [0.29, 0.717) is 12.2 Å². The maximum atomic E-state index is 12.5. The number of nitrogens with one attached hydrogen (secondary N) is 2. The molecular formula is C18H26F3N3O2. The van der Waals surface area contributed by atoms with Crippen molar-refractivity contribution in [2.45, 2.75) is 45.1 Å². The van der Waals surface area contributed by atoms with E-state index in [1.54, 1.807) is 0 Å². The van der Waals surface area contributed by atoms with Crippen molar-refractivity contribution in [1.29, 1.82) is 0 Å². The molecule has 1 aliphatic rings. The highest BCUT2D eigenvalue weighted by Crippen LogP contribution is 2.29. The largest absolute Gasteiger partial charge is 0.416 e. The summed E-state index contributed by atoms with van der Waals surface area (Å²) in [6.07, 6.45) is -2.10. The first-order valence-corrected chi connectivity index (χ1v) is 8.84. The third-order valence-electron chi connectivity index (χ3n) is 4.15. The topological polar surface area (TPSA) is 53.6 Å². The summed E-state index contributed by atoms with van der Waals surface area (Å²) in [7, 11) is 0. The lowest BCUT2D eigenvalue weighted by molar-refractivity contribution is -0.137. The minimum Gasteiger partial charge on any atom is -0.373 e. The molecule has 0 bridgehead atoms. The van der Waals surface area contributed by atoms with Crippen molar-refractivity contribution in [3.8, 4) is 0 Å². The van der Waals surface area contributed by atoms with Crippen LogP contribution in [0.5, 0.6) is 0 Å². The van der Waals surface area contributed by atoms with Gasteiger partial charge in [-0.1, -0.05) is 0 Å². The van der Waals surface area contributed by atoms with Gasteiger partial charge in [0.25, 0.3) is 0 Å². The highest BCUT2D eigenvalue weighted by atomic mass is 19.4. The molecule has 1 aliphatic heterocycles. The van der Waals surface area contributed by atoms with Crippen molar-refractivity contribution in [3.05, 3.63) is 29.8 Å². The van der Waals surface area contributed by atoms with E-state index in [1.165, 1.54) is 12.1 Å². The molecule has 0 radical (unpaired) electrons. The van der Waals surface area contributed by atoms with Crippen LogP contribution in [-0.2, 0) is 10.9 Å². The number of carbonyl (C=O) groups is 1. The van der Waals surface area contributed by atoms with Gasteiger partial charge in [-0.05, 0) is 57.5 Å². The fourth-order valence-corrected chi connectivity index (χ4v) is 3.05. The van der Waals surface area contributed by atoms with Gasteiger partial charge in [0.15, 0.2) is 0 Å². The molecule has 2 N–H and O–H groups in total. The number of unbranched alkanes of at least 4 members (excludes halogenated alkanes) is 1. The summed E-state index contributed by atoms with van der Waals surface area (Å²) < 4.78 is 43.2. The van der Waals surface area contributed by atoms with Crippen LogP contribution in [0.25, 0.3) is 0 Å². The molecule has 1 fully saturated rings. The van der Waals surface area contributed by atoms with Crippen molar-refractivity contribution in [2.75, 3.05) is 31.5 Å². The zero-order valence-corrected chi connectivity index (χ0v) is 15.1. The predicted molar refractivity (Wildman–Crippen MR) is 94.1 cm³/mol. The molecular weight excluding hydrogens is 347 g/mol. The second kappa shape index (κ2) is 9.23. The summed E-state index contributed by atoms with van der Waals surface area (Å²) in [6.45, 7) is 7.45. The molecule has 2 unspecified atom stereocenters. The Morgan fingerprint density at radius 1 is 1.15 bits per heavy atom. The number of anilines is 1. The highest BCUT2D eigenvalue weighted by molar-refractivity contribution is 5.89. The van der Waals surface area contributed by atoms with Gasteiger partial charge in [0.05, 0.1) is 17.8 Å². The van der Waals surface area contributed by atoms with Crippen LogP contribution < -0.4 is 10.6 Å². The number of morpholine rings is 1. The van der Waals surface area contributed by atoms with Gasteiger partial charge in [-0.25, -0.2) is 4.79 Å². The molecule has 8 heteroatoms. The number of ether oxygens (including phenoxy) is 1. The number of benzene rings is 1. The minimum atomic E-state index is -4.38. The molecule has 0 aromatic heterocycles. The van der Waals surface area contributed by atoms with Crippen LogP contribution in [0.15, 0.2) is 24.3 Å². The van der Waals surface area contributed by atoms with E-state index in [0.717, 1.165) is 44.6 Å². The maximum absolute atomic E-state index is 12.5. The summed E-state index contributed by atoms with van der Waals surface area (Å²) in [5.41, 5.74) is -0.415. The molecule has 2 amide bonds. The Labute approximate surface area is 151 Å². The highest BCUT2D eigenvalue weighted by Gasteiger charge is 2.30.